The van der Waals surface area contributed by atoms with Gasteiger partial charge in [0.05, 0.1) is 7.05 Å². The predicted molar refractivity (Wildman–Crippen MR) is 40.3 cm³/mol. The van der Waals surface area contributed by atoms with E-state index in [2.05, 4.69) is 4.76 Å². The van der Waals surface area contributed by atoms with Crippen LogP contribution in [0.25, 0.3) is 0 Å². The lowest BCUT2D eigenvalue weighted by atomic mass is 10.6. The highest BCUT2D eigenvalue weighted by atomic mass is 31.2. The Bertz CT molecular complexity index is 199. The molecule has 0 heterocycles. The molecular weight excluding hydrogens is 169 g/mol. The smallest absolute Gasteiger partial charge is 0.369 e. The fraction of sp³-hybridized carbons (Fsp3) is 0.500. The second-order valence-electron chi connectivity index (χ2n) is 1.76. The molecule has 0 aromatic carbocycles. The Morgan fingerprint density at radius 1 is 1.82 bits per heavy atom. The third kappa shape index (κ3) is 4.78. The summed E-state index contributed by atoms with van der Waals surface area (Å²) in [5, 5.41) is 0. The van der Waals surface area contributed by atoms with Gasteiger partial charge >= 0.3 is 7.75 Å². The molecule has 0 saturated carbocycles. The van der Waals surface area contributed by atoms with Crippen molar-refractivity contribution in [1.29, 1.82) is 0 Å². The molecule has 11 heavy (non-hydrogen) atoms. The number of guanidine groups is 1. The minimum Gasteiger partial charge on any atom is -0.369 e. The van der Waals surface area contributed by atoms with E-state index in [-0.39, 0.29) is 5.96 Å². The SMILES string of the molecule is [CH]N(CC)/C(N)=N/P(=O)(O)O. The van der Waals surface area contributed by atoms with Gasteiger partial charge in [0.1, 0.15) is 0 Å². The fourth-order valence-electron chi connectivity index (χ4n) is 0.353. The van der Waals surface area contributed by atoms with Crippen LogP contribution in [-0.2, 0) is 4.57 Å². The van der Waals surface area contributed by atoms with Gasteiger partial charge in [-0.3, -0.25) is 0 Å². The molecule has 0 aromatic heterocycles. The Kier molecular flexibility index (Phi) is 3.51. The highest BCUT2D eigenvalue weighted by Gasteiger charge is 2.12. The quantitative estimate of drug-likeness (QED) is 0.227. The van der Waals surface area contributed by atoms with E-state index < -0.39 is 7.75 Å². The summed E-state index contributed by atoms with van der Waals surface area (Å²) in [6, 6.07) is 0. The van der Waals surface area contributed by atoms with E-state index in [4.69, 9.17) is 22.6 Å². The molecule has 6 nitrogen and oxygen atoms in total. The second kappa shape index (κ2) is 3.71. The first kappa shape index (κ1) is 10.4. The van der Waals surface area contributed by atoms with E-state index in [0.717, 1.165) is 4.90 Å². The summed E-state index contributed by atoms with van der Waals surface area (Å²) in [6.07, 6.45) is 0. The molecule has 7 heteroatoms. The molecule has 4 N–H and O–H groups in total. The zero-order valence-corrected chi connectivity index (χ0v) is 6.90. The first-order valence-corrected chi connectivity index (χ1v) is 4.37. The van der Waals surface area contributed by atoms with Crippen LogP contribution in [0.4, 0.5) is 0 Å². The normalized spacial score (nSPS) is 13.3. The van der Waals surface area contributed by atoms with E-state index >= 15 is 0 Å². The van der Waals surface area contributed by atoms with Crippen LogP contribution < -0.4 is 5.73 Å². The van der Waals surface area contributed by atoms with E-state index in [9.17, 15) is 4.57 Å². The zero-order valence-electron chi connectivity index (χ0n) is 6.01. The summed E-state index contributed by atoms with van der Waals surface area (Å²) in [5.41, 5.74) is 5.07. The highest BCUT2D eigenvalue weighted by Crippen LogP contribution is 2.35. The Hall–Kier alpha value is -0.580. The van der Waals surface area contributed by atoms with E-state index in [1.165, 1.54) is 0 Å². The molecule has 0 aliphatic carbocycles. The van der Waals surface area contributed by atoms with Crippen molar-refractivity contribution in [2.45, 2.75) is 6.92 Å². The number of nitrogens with zero attached hydrogens (tertiary/aromatic N) is 2. The van der Waals surface area contributed by atoms with E-state index in [0.29, 0.717) is 6.54 Å². The number of hydrogen-bond donors (Lipinski definition) is 3. The average molecular weight is 179 g/mol. The maximum Gasteiger partial charge on any atom is 0.451 e. The van der Waals surface area contributed by atoms with Crippen LogP contribution >= 0.6 is 7.75 Å². The minimum absolute atomic E-state index is 0.329. The fourth-order valence-corrected chi connectivity index (χ4v) is 0.735. The van der Waals surface area contributed by atoms with Crippen molar-refractivity contribution in [3.05, 3.63) is 7.05 Å². The van der Waals surface area contributed by atoms with Crippen molar-refractivity contribution in [1.82, 2.24) is 4.90 Å². The molecule has 0 bridgehead atoms. The van der Waals surface area contributed by atoms with Crippen LogP contribution in [0, 0.1) is 7.05 Å². The third-order valence-corrected chi connectivity index (χ3v) is 1.33. The first-order valence-electron chi connectivity index (χ1n) is 2.80. The van der Waals surface area contributed by atoms with E-state index in [1.54, 1.807) is 6.92 Å². The van der Waals surface area contributed by atoms with Gasteiger partial charge in [-0.25, -0.2) is 4.57 Å². The Labute approximate surface area is 64.9 Å². The second-order valence-corrected chi connectivity index (χ2v) is 2.98. The largest absolute Gasteiger partial charge is 0.451 e. The molecule has 0 spiro atoms. The van der Waals surface area contributed by atoms with Crippen LogP contribution in [0.5, 0.6) is 0 Å². The standard InChI is InChI=1S/C4H10N3O3P/c1-3-7(2)4(5)6-11(8,9)10/h2H,3H2,1H3,(H4,5,6,8,9,10). The van der Waals surface area contributed by atoms with Gasteiger partial charge in [0.2, 0.25) is 5.96 Å². The predicted octanol–water partition coefficient (Wildman–Crippen LogP) is -0.616. The summed E-state index contributed by atoms with van der Waals surface area (Å²) >= 11 is 0. The van der Waals surface area contributed by atoms with Gasteiger partial charge in [-0.2, -0.15) is 0 Å². The lowest BCUT2D eigenvalue weighted by Crippen LogP contribution is -2.31. The lowest BCUT2D eigenvalue weighted by molar-refractivity contribution is 0.374. The van der Waals surface area contributed by atoms with Crippen LogP contribution in [-0.4, -0.2) is 27.2 Å². The molecule has 2 radical (unpaired) electrons. The molecule has 0 amide bonds. The summed E-state index contributed by atoms with van der Waals surface area (Å²) in [4.78, 5) is 17.5. The molecule has 0 saturated heterocycles. The number of hydrogen-bond acceptors (Lipinski definition) is 1. The molecule has 0 atom stereocenters. The average Bonchev–Trinajstić information content (AvgIpc) is 1.82. The Morgan fingerprint density at radius 3 is 2.55 bits per heavy atom. The van der Waals surface area contributed by atoms with Gasteiger partial charge < -0.3 is 20.4 Å². The van der Waals surface area contributed by atoms with Crippen LogP contribution in [0.15, 0.2) is 4.76 Å². The van der Waals surface area contributed by atoms with Crippen molar-refractivity contribution >= 4 is 13.7 Å². The highest BCUT2D eigenvalue weighted by molar-refractivity contribution is 7.50. The van der Waals surface area contributed by atoms with Gasteiger partial charge in [-0.1, -0.05) is 0 Å². The molecule has 0 unspecified atom stereocenters. The molecule has 0 aliphatic heterocycles. The maximum atomic E-state index is 10.2. The number of nitrogens with two attached hydrogens (primary N) is 1. The van der Waals surface area contributed by atoms with Gasteiger partial charge in [-0.15, -0.1) is 4.76 Å². The van der Waals surface area contributed by atoms with Crippen molar-refractivity contribution in [3.8, 4) is 0 Å². The summed E-state index contributed by atoms with van der Waals surface area (Å²) in [7, 11) is 0.710. The minimum atomic E-state index is -4.45. The van der Waals surface area contributed by atoms with E-state index in [1.807, 2.05) is 0 Å². The van der Waals surface area contributed by atoms with Crippen molar-refractivity contribution in [2.24, 2.45) is 10.5 Å². The van der Waals surface area contributed by atoms with Gasteiger partial charge in [0.25, 0.3) is 0 Å². The number of rotatable bonds is 2. The van der Waals surface area contributed by atoms with Crippen molar-refractivity contribution in [2.75, 3.05) is 6.54 Å². The van der Waals surface area contributed by atoms with Crippen LogP contribution in [0.2, 0.25) is 0 Å². The molecular formula is C4H10N3O3P. The monoisotopic (exact) mass is 179 g/mol. The zero-order chi connectivity index (χ0) is 9.07. The molecule has 0 fully saturated rings. The lowest BCUT2D eigenvalue weighted by Gasteiger charge is -2.13. The maximum absolute atomic E-state index is 10.2. The Morgan fingerprint density at radius 2 is 2.27 bits per heavy atom. The summed E-state index contributed by atoms with van der Waals surface area (Å²) < 4.78 is 13.0. The summed E-state index contributed by atoms with van der Waals surface area (Å²) in [5.74, 6) is -0.374. The first-order chi connectivity index (χ1) is 4.87. The van der Waals surface area contributed by atoms with Crippen LogP contribution in [0.1, 0.15) is 6.92 Å². The summed E-state index contributed by atoms with van der Waals surface area (Å²) in [6.45, 7) is 2.00. The molecule has 0 aromatic rings. The van der Waals surface area contributed by atoms with Crippen molar-refractivity contribution < 1.29 is 14.4 Å². The van der Waals surface area contributed by atoms with Gasteiger partial charge in [-0.05, 0) is 6.92 Å². The molecule has 64 valence electrons. The van der Waals surface area contributed by atoms with Crippen molar-refractivity contribution in [3.63, 3.8) is 0 Å². The molecule has 0 aliphatic rings. The van der Waals surface area contributed by atoms with Gasteiger partial charge in [0, 0.05) is 6.54 Å². The van der Waals surface area contributed by atoms with Crippen LogP contribution in [0.3, 0.4) is 0 Å². The Balaban J connectivity index is 4.34. The third-order valence-electron chi connectivity index (χ3n) is 0.868. The van der Waals surface area contributed by atoms with Gasteiger partial charge in [0.15, 0.2) is 0 Å². The topological polar surface area (TPSA) is 99.2 Å². The molecule has 0 rings (SSSR count).